The van der Waals surface area contributed by atoms with E-state index in [1.54, 1.807) is 0 Å². The van der Waals surface area contributed by atoms with Gasteiger partial charge in [-0.05, 0) is 37.5 Å². The predicted octanol–water partition coefficient (Wildman–Crippen LogP) is 6.01. The van der Waals surface area contributed by atoms with Crippen molar-refractivity contribution in [1.82, 2.24) is 4.90 Å². The second-order valence-corrected chi connectivity index (χ2v) is 8.59. The Kier molecular flexibility index (Phi) is 4.91. The van der Waals surface area contributed by atoms with E-state index in [-0.39, 0.29) is 23.3 Å². The largest absolute Gasteiger partial charge is 0.294 e. The van der Waals surface area contributed by atoms with Crippen molar-refractivity contribution in [3.8, 4) is 11.1 Å². The Morgan fingerprint density at radius 1 is 0.786 bits per heavy atom. The van der Waals surface area contributed by atoms with Crippen LogP contribution in [0.1, 0.15) is 42.7 Å². The Labute approximate surface area is 167 Å². The van der Waals surface area contributed by atoms with Crippen LogP contribution in [0.5, 0.6) is 0 Å². The summed E-state index contributed by atoms with van der Waals surface area (Å²) in [5, 5.41) is 0. The molecule has 0 unspecified atom stereocenters. The zero-order chi connectivity index (χ0) is 19.7. The number of carbonyl (C=O) groups excluding carboxylic acids is 1. The number of benzene rings is 3. The molecule has 2 nitrogen and oxygen atoms in total. The molecule has 2 atom stereocenters. The van der Waals surface area contributed by atoms with Gasteiger partial charge in [0, 0.05) is 23.7 Å². The predicted molar refractivity (Wildman–Crippen MR) is 115 cm³/mol. The van der Waals surface area contributed by atoms with E-state index in [4.69, 9.17) is 0 Å². The summed E-state index contributed by atoms with van der Waals surface area (Å²) in [4.78, 5) is 15.7. The fourth-order valence-corrected chi connectivity index (χ4v) is 4.16. The SMILES string of the molecule is CC(C)(C)N1C[C@@H](C(=O)c2ccc(-c3ccccc3)cc2)[C@@H]1c1ccccc1. The normalized spacial score (nSPS) is 19.8. The summed E-state index contributed by atoms with van der Waals surface area (Å²) in [5.74, 6) is 0.248. The van der Waals surface area contributed by atoms with Gasteiger partial charge in [0.05, 0.1) is 5.92 Å². The third kappa shape index (κ3) is 3.53. The maximum Gasteiger partial charge on any atom is 0.169 e. The number of rotatable bonds is 4. The fourth-order valence-electron chi connectivity index (χ4n) is 4.16. The van der Waals surface area contributed by atoms with Crippen LogP contribution in [-0.4, -0.2) is 22.8 Å². The molecule has 28 heavy (non-hydrogen) atoms. The van der Waals surface area contributed by atoms with Crippen LogP contribution in [0.4, 0.5) is 0 Å². The van der Waals surface area contributed by atoms with Gasteiger partial charge in [-0.1, -0.05) is 84.9 Å². The molecule has 1 aliphatic heterocycles. The molecule has 0 bridgehead atoms. The summed E-state index contributed by atoms with van der Waals surface area (Å²) in [6.07, 6.45) is 0. The zero-order valence-corrected chi connectivity index (χ0v) is 16.8. The summed E-state index contributed by atoms with van der Waals surface area (Å²) < 4.78 is 0. The molecule has 0 aliphatic carbocycles. The molecule has 3 aromatic rings. The molecule has 0 radical (unpaired) electrons. The monoisotopic (exact) mass is 369 g/mol. The number of carbonyl (C=O) groups is 1. The molecule has 3 aromatic carbocycles. The molecule has 0 spiro atoms. The molecule has 0 aromatic heterocycles. The van der Waals surface area contributed by atoms with Gasteiger partial charge in [-0.25, -0.2) is 0 Å². The van der Waals surface area contributed by atoms with E-state index in [0.29, 0.717) is 0 Å². The minimum absolute atomic E-state index is 0.00389. The van der Waals surface area contributed by atoms with E-state index < -0.39 is 0 Å². The number of hydrogen-bond acceptors (Lipinski definition) is 2. The summed E-state index contributed by atoms with van der Waals surface area (Å²) in [6, 6.07) is 28.9. The summed E-state index contributed by atoms with van der Waals surface area (Å²) in [6.45, 7) is 7.47. The first kappa shape index (κ1) is 18.6. The van der Waals surface area contributed by atoms with Crippen LogP contribution in [0.25, 0.3) is 11.1 Å². The second kappa shape index (κ2) is 7.37. The lowest BCUT2D eigenvalue weighted by Gasteiger charge is -2.54. The highest BCUT2D eigenvalue weighted by Gasteiger charge is 2.48. The smallest absolute Gasteiger partial charge is 0.169 e. The maximum atomic E-state index is 13.3. The maximum absolute atomic E-state index is 13.3. The first-order chi connectivity index (χ1) is 13.4. The van der Waals surface area contributed by atoms with Crippen LogP contribution in [0.3, 0.4) is 0 Å². The first-order valence-electron chi connectivity index (χ1n) is 9.96. The van der Waals surface area contributed by atoms with Crippen molar-refractivity contribution in [3.05, 3.63) is 96.1 Å². The Morgan fingerprint density at radius 2 is 1.32 bits per heavy atom. The molecule has 1 aliphatic rings. The molecule has 2 heteroatoms. The lowest BCUT2D eigenvalue weighted by molar-refractivity contribution is -0.0434. The quantitative estimate of drug-likeness (QED) is 0.525. The lowest BCUT2D eigenvalue weighted by atomic mass is 9.75. The molecule has 0 amide bonds. The Morgan fingerprint density at radius 3 is 1.89 bits per heavy atom. The van der Waals surface area contributed by atoms with E-state index in [0.717, 1.165) is 17.7 Å². The molecule has 4 rings (SSSR count). The van der Waals surface area contributed by atoms with E-state index in [2.05, 4.69) is 74.2 Å². The number of nitrogens with zero attached hydrogens (tertiary/aromatic N) is 1. The van der Waals surface area contributed by atoms with Crippen LogP contribution in [-0.2, 0) is 0 Å². The number of ketones is 1. The van der Waals surface area contributed by atoms with Crippen molar-refractivity contribution in [3.63, 3.8) is 0 Å². The second-order valence-electron chi connectivity index (χ2n) is 8.59. The average Bonchev–Trinajstić information content (AvgIpc) is 2.68. The highest BCUT2D eigenvalue weighted by molar-refractivity contribution is 5.99. The molecule has 142 valence electrons. The van der Waals surface area contributed by atoms with Gasteiger partial charge in [0.25, 0.3) is 0 Å². The first-order valence-corrected chi connectivity index (χ1v) is 9.96. The molecule has 1 saturated heterocycles. The van der Waals surface area contributed by atoms with E-state index in [1.165, 1.54) is 11.1 Å². The Balaban J connectivity index is 1.59. The van der Waals surface area contributed by atoms with Crippen molar-refractivity contribution in [2.75, 3.05) is 6.54 Å². The van der Waals surface area contributed by atoms with Crippen LogP contribution in [0.2, 0.25) is 0 Å². The molecule has 0 saturated carbocycles. The minimum Gasteiger partial charge on any atom is -0.294 e. The van der Waals surface area contributed by atoms with Crippen molar-refractivity contribution < 1.29 is 4.79 Å². The summed E-state index contributed by atoms with van der Waals surface area (Å²) in [7, 11) is 0. The van der Waals surface area contributed by atoms with Gasteiger partial charge < -0.3 is 0 Å². The standard InChI is InChI=1S/C26H27NO/c1-26(2,3)27-18-23(24(27)21-12-8-5-9-13-21)25(28)22-16-14-20(15-17-22)19-10-6-4-7-11-19/h4-17,23-24H,18H2,1-3H3/t23-,24+/m1/s1. The summed E-state index contributed by atoms with van der Waals surface area (Å²) >= 11 is 0. The van der Waals surface area contributed by atoms with Gasteiger partial charge in [-0.15, -0.1) is 0 Å². The third-order valence-electron chi connectivity index (χ3n) is 5.73. The molecule has 1 fully saturated rings. The Hall–Kier alpha value is -2.71. The number of Topliss-reactive ketones (excluding diaryl/α,β-unsaturated/α-hetero) is 1. The molecule has 1 heterocycles. The molecular formula is C26H27NO. The molecular weight excluding hydrogens is 342 g/mol. The van der Waals surface area contributed by atoms with Crippen LogP contribution < -0.4 is 0 Å². The zero-order valence-electron chi connectivity index (χ0n) is 16.8. The topological polar surface area (TPSA) is 20.3 Å². The van der Waals surface area contributed by atoms with Gasteiger partial charge in [0.2, 0.25) is 0 Å². The highest BCUT2D eigenvalue weighted by Crippen LogP contribution is 2.44. The van der Waals surface area contributed by atoms with Crippen molar-refractivity contribution in [1.29, 1.82) is 0 Å². The van der Waals surface area contributed by atoms with Crippen molar-refractivity contribution >= 4 is 5.78 Å². The van der Waals surface area contributed by atoms with E-state index >= 15 is 0 Å². The van der Waals surface area contributed by atoms with Crippen molar-refractivity contribution in [2.45, 2.75) is 32.4 Å². The van der Waals surface area contributed by atoms with Gasteiger partial charge in [0.15, 0.2) is 5.78 Å². The fraction of sp³-hybridized carbons (Fsp3) is 0.269. The number of hydrogen-bond donors (Lipinski definition) is 0. The highest BCUT2D eigenvalue weighted by atomic mass is 16.1. The average molecular weight is 370 g/mol. The van der Waals surface area contributed by atoms with E-state index in [1.807, 2.05) is 36.4 Å². The minimum atomic E-state index is 0.00389. The van der Waals surface area contributed by atoms with Crippen LogP contribution in [0.15, 0.2) is 84.9 Å². The van der Waals surface area contributed by atoms with Gasteiger partial charge in [0.1, 0.15) is 0 Å². The van der Waals surface area contributed by atoms with Gasteiger partial charge >= 0.3 is 0 Å². The van der Waals surface area contributed by atoms with E-state index in [9.17, 15) is 4.79 Å². The van der Waals surface area contributed by atoms with Crippen LogP contribution >= 0.6 is 0 Å². The Bertz CT molecular complexity index is 939. The van der Waals surface area contributed by atoms with Gasteiger partial charge in [-0.2, -0.15) is 0 Å². The molecule has 0 N–H and O–H groups in total. The van der Waals surface area contributed by atoms with Gasteiger partial charge in [-0.3, -0.25) is 9.69 Å². The third-order valence-corrected chi connectivity index (χ3v) is 5.73. The van der Waals surface area contributed by atoms with Crippen LogP contribution in [0, 0.1) is 5.92 Å². The van der Waals surface area contributed by atoms with Crippen molar-refractivity contribution in [2.24, 2.45) is 5.92 Å². The summed E-state index contributed by atoms with van der Waals surface area (Å²) in [5.41, 5.74) is 4.38. The number of likely N-dealkylation sites (tertiary alicyclic amines) is 1. The lowest BCUT2D eigenvalue weighted by Crippen LogP contribution is -2.60.